The Balaban J connectivity index is 1.93. The van der Waals surface area contributed by atoms with Gasteiger partial charge in [-0.15, -0.1) is 0 Å². The van der Waals surface area contributed by atoms with Crippen LogP contribution in [-0.4, -0.2) is 50.7 Å². The molecule has 0 spiro atoms. The Morgan fingerprint density at radius 1 is 1.43 bits per heavy atom. The molecule has 1 saturated heterocycles. The van der Waals surface area contributed by atoms with Crippen LogP contribution in [0.25, 0.3) is 0 Å². The fraction of sp³-hybridized carbons (Fsp3) is 0.429. The molecule has 21 heavy (non-hydrogen) atoms. The van der Waals surface area contributed by atoms with Crippen LogP contribution in [0, 0.1) is 13.8 Å². The van der Waals surface area contributed by atoms with Crippen LogP contribution in [0.15, 0.2) is 18.7 Å². The number of carbonyl (C=O) groups excluding carboxylic acids is 1. The molecular formula is C14H17N5O2. The van der Waals surface area contributed by atoms with Gasteiger partial charge in [0.05, 0.1) is 42.4 Å². The summed E-state index contributed by atoms with van der Waals surface area (Å²) in [7, 11) is 0. The molecule has 1 atom stereocenters. The van der Waals surface area contributed by atoms with Crippen LogP contribution in [-0.2, 0) is 4.74 Å². The van der Waals surface area contributed by atoms with Crippen molar-refractivity contribution in [3.05, 3.63) is 41.2 Å². The van der Waals surface area contributed by atoms with Gasteiger partial charge >= 0.3 is 0 Å². The van der Waals surface area contributed by atoms with Crippen molar-refractivity contribution in [3.63, 3.8) is 0 Å². The second kappa shape index (κ2) is 5.61. The van der Waals surface area contributed by atoms with E-state index < -0.39 is 0 Å². The monoisotopic (exact) mass is 287 g/mol. The standard InChI is InChI=1S/C14H17N5O2/c1-9-5-17-18-13(9)12-7-21-4-3-19(12)14(20)11-6-15-8-16-10(11)2/h5-6,8,12H,3-4,7H2,1-2H3,(H,17,18)/t12-/m0/s1. The number of aromatic amines is 1. The van der Waals surface area contributed by atoms with Gasteiger partial charge in [-0.2, -0.15) is 5.10 Å². The minimum Gasteiger partial charge on any atom is -0.377 e. The van der Waals surface area contributed by atoms with Crippen molar-refractivity contribution in [3.8, 4) is 0 Å². The number of carbonyl (C=O) groups is 1. The Bertz CT molecular complexity index is 654. The van der Waals surface area contributed by atoms with Crippen LogP contribution in [0.1, 0.15) is 33.4 Å². The lowest BCUT2D eigenvalue weighted by atomic mass is 10.1. The van der Waals surface area contributed by atoms with Crippen molar-refractivity contribution in [2.24, 2.45) is 0 Å². The van der Waals surface area contributed by atoms with Crippen LogP contribution in [0.5, 0.6) is 0 Å². The minimum atomic E-state index is -0.159. The molecule has 7 heteroatoms. The highest BCUT2D eigenvalue weighted by Gasteiger charge is 2.32. The molecule has 2 aromatic rings. The number of ether oxygens (including phenoxy) is 1. The topological polar surface area (TPSA) is 84.0 Å². The van der Waals surface area contributed by atoms with E-state index in [-0.39, 0.29) is 11.9 Å². The number of nitrogens with one attached hydrogen (secondary N) is 1. The van der Waals surface area contributed by atoms with E-state index in [1.807, 2.05) is 13.8 Å². The van der Waals surface area contributed by atoms with E-state index in [1.54, 1.807) is 17.3 Å². The predicted molar refractivity (Wildman–Crippen MR) is 74.7 cm³/mol. The summed E-state index contributed by atoms with van der Waals surface area (Å²) in [5.41, 5.74) is 3.14. The van der Waals surface area contributed by atoms with E-state index in [0.717, 1.165) is 11.3 Å². The molecule has 3 rings (SSSR count). The van der Waals surface area contributed by atoms with Crippen LogP contribution in [0.4, 0.5) is 0 Å². The molecule has 0 saturated carbocycles. The lowest BCUT2D eigenvalue weighted by molar-refractivity contribution is -0.00416. The number of rotatable bonds is 2. The lowest BCUT2D eigenvalue weighted by Gasteiger charge is -2.35. The molecule has 0 aliphatic carbocycles. The fourth-order valence-corrected chi connectivity index (χ4v) is 2.54. The van der Waals surface area contributed by atoms with E-state index in [4.69, 9.17) is 4.74 Å². The van der Waals surface area contributed by atoms with Gasteiger partial charge in [-0.05, 0) is 19.4 Å². The summed E-state index contributed by atoms with van der Waals surface area (Å²) in [6.45, 7) is 5.30. The summed E-state index contributed by atoms with van der Waals surface area (Å²) < 4.78 is 5.53. The molecule has 1 fully saturated rings. The number of H-pyrrole nitrogens is 1. The van der Waals surface area contributed by atoms with Crippen molar-refractivity contribution in [2.75, 3.05) is 19.8 Å². The summed E-state index contributed by atoms with van der Waals surface area (Å²) in [6, 6.07) is -0.159. The first-order valence-electron chi connectivity index (χ1n) is 6.83. The number of amides is 1. The number of hydrogen-bond acceptors (Lipinski definition) is 5. The molecule has 1 aliphatic heterocycles. The molecule has 0 radical (unpaired) electrons. The molecule has 110 valence electrons. The molecular weight excluding hydrogens is 270 g/mol. The van der Waals surface area contributed by atoms with Gasteiger partial charge in [-0.25, -0.2) is 9.97 Å². The summed E-state index contributed by atoms with van der Waals surface area (Å²) in [6.07, 6.45) is 4.77. The Morgan fingerprint density at radius 2 is 2.29 bits per heavy atom. The third-order valence-electron chi connectivity index (χ3n) is 3.73. The fourth-order valence-electron chi connectivity index (χ4n) is 2.54. The van der Waals surface area contributed by atoms with E-state index in [9.17, 15) is 4.79 Å². The zero-order chi connectivity index (χ0) is 14.8. The first kappa shape index (κ1) is 13.7. The predicted octanol–water partition coefficient (Wildman–Crippen LogP) is 1.03. The van der Waals surface area contributed by atoms with Crippen molar-refractivity contribution in [1.29, 1.82) is 0 Å². The summed E-state index contributed by atoms with van der Waals surface area (Å²) in [5, 5.41) is 7.01. The van der Waals surface area contributed by atoms with E-state index >= 15 is 0 Å². The smallest absolute Gasteiger partial charge is 0.257 e. The zero-order valence-electron chi connectivity index (χ0n) is 12.0. The Hall–Kier alpha value is -2.28. The van der Waals surface area contributed by atoms with Gasteiger partial charge < -0.3 is 9.64 Å². The largest absolute Gasteiger partial charge is 0.377 e. The highest BCUT2D eigenvalue weighted by atomic mass is 16.5. The Kier molecular flexibility index (Phi) is 3.66. The first-order valence-corrected chi connectivity index (χ1v) is 6.83. The Labute approximate surface area is 122 Å². The molecule has 1 aliphatic rings. The van der Waals surface area contributed by atoms with Gasteiger partial charge in [0.25, 0.3) is 5.91 Å². The first-order chi connectivity index (χ1) is 10.2. The molecule has 0 unspecified atom stereocenters. The third-order valence-corrected chi connectivity index (χ3v) is 3.73. The average Bonchev–Trinajstić information content (AvgIpc) is 2.93. The maximum atomic E-state index is 12.8. The molecule has 0 bridgehead atoms. The van der Waals surface area contributed by atoms with Gasteiger partial charge in [-0.3, -0.25) is 9.89 Å². The third kappa shape index (κ3) is 2.52. The number of hydrogen-bond donors (Lipinski definition) is 1. The van der Waals surface area contributed by atoms with Gasteiger partial charge in [0.2, 0.25) is 0 Å². The molecule has 3 heterocycles. The molecule has 1 amide bonds. The van der Waals surface area contributed by atoms with Crippen molar-refractivity contribution in [2.45, 2.75) is 19.9 Å². The van der Waals surface area contributed by atoms with Gasteiger partial charge in [0, 0.05) is 12.7 Å². The molecule has 2 aromatic heterocycles. The summed E-state index contributed by atoms with van der Waals surface area (Å²) in [5.74, 6) is -0.0737. The highest BCUT2D eigenvalue weighted by molar-refractivity contribution is 5.95. The summed E-state index contributed by atoms with van der Waals surface area (Å²) in [4.78, 5) is 22.6. The van der Waals surface area contributed by atoms with Crippen molar-refractivity contribution < 1.29 is 9.53 Å². The average molecular weight is 287 g/mol. The van der Waals surface area contributed by atoms with Crippen LogP contribution < -0.4 is 0 Å². The quantitative estimate of drug-likeness (QED) is 0.892. The maximum absolute atomic E-state index is 12.8. The van der Waals surface area contributed by atoms with Gasteiger partial charge in [0.15, 0.2) is 0 Å². The Morgan fingerprint density at radius 3 is 3.00 bits per heavy atom. The molecule has 7 nitrogen and oxygen atoms in total. The number of aryl methyl sites for hydroxylation is 2. The molecule has 1 N–H and O–H groups in total. The van der Waals surface area contributed by atoms with Crippen molar-refractivity contribution >= 4 is 5.91 Å². The minimum absolute atomic E-state index is 0.0737. The SMILES string of the molecule is Cc1cn[nH]c1[C@@H]1COCCN1C(=O)c1cncnc1C. The van der Waals surface area contributed by atoms with Crippen LogP contribution in [0.3, 0.4) is 0 Å². The maximum Gasteiger partial charge on any atom is 0.257 e. The van der Waals surface area contributed by atoms with E-state index in [2.05, 4.69) is 20.2 Å². The van der Waals surface area contributed by atoms with Gasteiger partial charge in [-0.1, -0.05) is 0 Å². The van der Waals surface area contributed by atoms with Crippen LogP contribution in [0.2, 0.25) is 0 Å². The normalized spacial score (nSPS) is 18.8. The number of morpholine rings is 1. The zero-order valence-corrected chi connectivity index (χ0v) is 12.0. The molecule has 0 aromatic carbocycles. The second-order valence-corrected chi connectivity index (χ2v) is 5.08. The second-order valence-electron chi connectivity index (χ2n) is 5.08. The van der Waals surface area contributed by atoms with E-state index in [1.165, 1.54) is 6.33 Å². The van der Waals surface area contributed by atoms with Crippen molar-refractivity contribution in [1.82, 2.24) is 25.1 Å². The lowest BCUT2D eigenvalue weighted by Crippen LogP contribution is -2.44. The highest BCUT2D eigenvalue weighted by Crippen LogP contribution is 2.26. The summed E-state index contributed by atoms with van der Waals surface area (Å²) >= 11 is 0. The number of aromatic nitrogens is 4. The van der Waals surface area contributed by atoms with E-state index in [0.29, 0.717) is 31.0 Å². The van der Waals surface area contributed by atoms with Gasteiger partial charge in [0.1, 0.15) is 6.33 Å². The number of nitrogens with zero attached hydrogens (tertiary/aromatic N) is 4. The van der Waals surface area contributed by atoms with Crippen LogP contribution >= 0.6 is 0 Å².